The van der Waals surface area contributed by atoms with E-state index in [-0.39, 0.29) is 17.6 Å². The number of hydrogen-bond donors (Lipinski definition) is 1. The van der Waals surface area contributed by atoms with Crippen molar-refractivity contribution in [2.75, 3.05) is 0 Å². The van der Waals surface area contributed by atoms with E-state index in [0.29, 0.717) is 5.76 Å². The van der Waals surface area contributed by atoms with Gasteiger partial charge in [0.1, 0.15) is 16.9 Å². The molecule has 5 rings (SSSR count). The fraction of sp³-hybridized carbons (Fsp3) is 0.500. The minimum atomic E-state index is -0.124. The Kier molecular flexibility index (Phi) is 3.63. The third kappa shape index (κ3) is 2.46. The summed E-state index contributed by atoms with van der Waals surface area (Å²) < 4.78 is 12.3. The molecule has 4 heteroatoms. The zero-order chi connectivity index (χ0) is 17.7. The Balaban J connectivity index is 1.52. The van der Waals surface area contributed by atoms with E-state index in [1.807, 2.05) is 19.1 Å². The fourth-order valence-corrected chi connectivity index (χ4v) is 4.87. The smallest absolute Gasteiger partial charge is 0.287 e. The summed E-state index contributed by atoms with van der Waals surface area (Å²) in [6, 6.07) is 4.22. The van der Waals surface area contributed by atoms with Crippen LogP contribution in [0.5, 0.6) is 5.75 Å². The van der Waals surface area contributed by atoms with Crippen molar-refractivity contribution in [2.45, 2.75) is 69.9 Å². The standard InChI is InChI=1S/C22H25NO3/c1-14-19-16-10-13-22(11-4-5-12-22)26-17(16)8-9-18(19)25-20(14)21(24)23-15-6-2-3-7-15/h8-10,13,15H,2-7,11-12H2,1H3,(H,23,24). The van der Waals surface area contributed by atoms with Crippen molar-refractivity contribution in [1.82, 2.24) is 5.32 Å². The molecule has 4 nitrogen and oxygen atoms in total. The van der Waals surface area contributed by atoms with E-state index in [1.54, 1.807) is 0 Å². The Morgan fingerprint density at radius 3 is 2.69 bits per heavy atom. The molecule has 136 valence electrons. The molecule has 2 saturated carbocycles. The van der Waals surface area contributed by atoms with Crippen LogP contribution in [0.4, 0.5) is 0 Å². The average Bonchev–Trinajstić information content (AvgIpc) is 3.37. The van der Waals surface area contributed by atoms with E-state index in [9.17, 15) is 4.79 Å². The number of benzene rings is 1. The first-order chi connectivity index (χ1) is 12.7. The third-order valence-electron chi connectivity index (χ3n) is 6.31. The quantitative estimate of drug-likeness (QED) is 0.816. The van der Waals surface area contributed by atoms with Crippen LogP contribution >= 0.6 is 0 Å². The summed E-state index contributed by atoms with van der Waals surface area (Å²) in [5.41, 5.74) is 2.58. The highest BCUT2D eigenvalue weighted by Gasteiger charge is 2.37. The number of aryl methyl sites for hydroxylation is 1. The number of carbonyl (C=O) groups is 1. The van der Waals surface area contributed by atoms with Gasteiger partial charge < -0.3 is 14.5 Å². The predicted molar refractivity (Wildman–Crippen MR) is 102 cm³/mol. The highest BCUT2D eigenvalue weighted by Crippen LogP contribution is 2.44. The van der Waals surface area contributed by atoms with Gasteiger partial charge in [-0.25, -0.2) is 0 Å². The molecular weight excluding hydrogens is 326 g/mol. The molecule has 2 heterocycles. The molecule has 2 aromatic rings. The van der Waals surface area contributed by atoms with Crippen molar-refractivity contribution in [3.05, 3.63) is 35.1 Å². The molecule has 1 spiro atoms. The maximum Gasteiger partial charge on any atom is 0.287 e. The SMILES string of the molecule is Cc1c(C(=O)NC2CCCC2)oc2ccc3c(c12)C=CC1(CCCC1)O3. The van der Waals surface area contributed by atoms with Crippen molar-refractivity contribution in [1.29, 1.82) is 0 Å². The summed E-state index contributed by atoms with van der Waals surface area (Å²) in [5, 5.41) is 4.14. The van der Waals surface area contributed by atoms with Crippen LogP contribution in [-0.4, -0.2) is 17.6 Å². The summed E-state index contributed by atoms with van der Waals surface area (Å²) in [5.74, 6) is 1.26. The van der Waals surface area contributed by atoms with Crippen LogP contribution in [0.2, 0.25) is 0 Å². The van der Waals surface area contributed by atoms with E-state index in [4.69, 9.17) is 9.15 Å². The van der Waals surface area contributed by atoms with Gasteiger partial charge in [0.05, 0.1) is 0 Å². The first kappa shape index (κ1) is 16.0. The van der Waals surface area contributed by atoms with Crippen molar-refractivity contribution in [3.8, 4) is 5.75 Å². The molecule has 2 aliphatic carbocycles. The largest absolute Gasteiger partial charge is 0.483 e. The van der Waals surface area contributed by atoms with Crippen LogP contribution in [-0.2, 0) is 0 Å². The molecule has 2 fully saturated rings. The van der Waals surface area contributed by atoms with Crippen molar-refractivity contribution in [2.24, 2.45) is 0 Å². The molecule has 0 radical (unpaired) electrons. The van der Waals surface area contributed by atoms with Gasteiger partial charge in [-0.1, -0.05) is 18.9 Å². The molecule has 0 unspecified atom stereocenters. The topological polar surface area (TPSA) is 51.5 Å². The van der Waals surface area contributed by atoms with Gasteiger partial charge in [-0.2, -0.15) is 0 Å². The summed E-state index contributed by atoms with van der Waals surface area (Å²) in [4.78, 5) is 12.7. The van der Waals surface area contributed by atoms with Crippen molar-refractivity contribution >= 4 is 23.0 Å². The van der Waals surface area contributed by atoms with Gasteiger partial charge in [0, 0.05) is 22.6 Å². The maximum atomic E-state index is 12.7. The Labute approximate surface area is 153 Å². The van der Waals surface area contributed by atoms with E-state index in [0.717, 1.165) is 53.5 Å². The second-order valence-corrected chi connectivity index (χ2v) is 8.07. The summed E-state index contributed by atoms with van der Waals surface area (Å²) in [7, 11) is 0. The summed E-state index contributed by atoms with van der Waals surface area (Å²) >= 11 is 0. The number of ether oxygens (including phenoxy) is 1. The predicted octanol–water partition coefficient (Wildman–Crippen LogP) is 5.13. The van der Waals surface area contributed by atoms with Crippen LogP contribution in [0, 0.1) is 6.92 Å². The molecule has 0 saturated heterocycles. The van der Waals surface area contributed by atoms with Crippen LogP contribution in [0.1, 0.15) is 73.0 Å². The van der Waals surface area contributed by atoms with E-state index >= 15 is 0 Å². The zero-order valence-corrected chi connectivity index (χ0v) is 15.3. The van der Waals surface area contributed by atoms with Gasteiger partial charge in [0.2, 0.25) is 0 Å². The molecule has 26 heavy (non-hydrogen) atoms. The van der Waals surface area contributed by atoms with E-state index < -0.39 is 0 Å². The van der Waals surface area contributed by atoms with Crippen LogP contribution in [0.3, 0.4) is 0 Å². The number of nitrogens with one attached hydrogen (secondary N) is 1. The zero-order valence-electron chi connectivity index (χ0n) is 15.3. The first-order valence-corrected chi connectivity index (χ1v) is 9.90. The second-order valence-electron chi connectivity index (χ2n) is 8.07. The van der Waals surface area contributed by atoms with Crippen LogP contribution in [0.25, 0.3) is 17.0 Å². The molecule has 3 aliphatic rings. The minimum Gasteiger partial charge on any atom is -0.483 e. The van der Waals surface area contributed by atoms with Gasteiger partial charge in [-0.05, 0) is 63.7 Å². The minimum absolute atomic E-state index is 0.0904. The lowest BCUT2D eigenvalue weighted by molar-refractivity contribution is 0.0911. The summed E-state index contributed by atoms with van der Waals surface area (Å²) in [6.45, 7) is 1.98. The first-order valence-electron chi connectivity index (χ1n) is 9.90. The van der Waals surface area contributed by atoms with Gasteiger partial charge in [0.15, 0.2) is 5.76 Å². The van der Waals surface area contributed by atoms with E-state index in [1.165, 1.54) is 25.7 Å². The number of amides is 1. The number of fused-ring (bicyclic) bond motifs is 3. The molecule has 1 aromatic carbocycles. The highest BCUT2D eigenvalue weighted by atomic mass is 16.5. The van der Waals surface area contributed by atoms with Gasteiger partial charge >= 0.3 is 0 Å². The monoisotopic (exact) mass is 351 g/mol. The van der Waals surface area contributed by atoms with Gasteiger partial charge in [0.25, 0.3) is 5.91 Å². The Morgan fingerprint density at radius 2 is 1.92 bits per heavy atom. The third-order valence-corrected chi connectivity index (χ3v) is 6.31. The summed E-state index contributed by atoms with van der Waals surface area (Å²) in [6.07, 6.45) is 13.5. The number of rotatable bonds is 2. The van der Waals surface area contributed by atoms with E-state index in [2.05, 4.69) is 17.5 Å². The molecule has 1 amide bonds. The molecular formula is C22H25NO3. The maximum absolute atomic E-state index is 12.7. The van der Waals surface area contributed by atoms with Crippen LogP contribution in [0.15, 0.2) is 22.6 Å². The number of furan rings is 1. The lowest BCUT2D eigenvalue weighted by Gasteiger charge is -2.31. The lowest BCUT2D eigenvalue weighted by atomic mass is 9.94. The second kappa shape index (κ2) is 5.90. The van der Waals surface area contributed by atoms with Gasteiger partial charge in [-0.15, -0.1) is 0 Å². The average molecular weight is 351 g/mol. The molecule has 0 bridgehead atoms. The van der Waals surface area contributed by atoms with Crippen LogP contribution < -0.4 is 10.1 Å². The van der Waals surface area contributed by atoms with Gasteiger partial charge in [-0.3, -0.25) is 4.79 Å². The molecule has 1 aromatic heterocycles. The number of hydrogen-bond acceptors (Lipinski definition) is 3. The normalized spacial score (nSPS) is 21.3. The van der Waals surface area contributed by atoms with Crippen molar-refractivity contribution in [3.63, 3.8) is 0 Å². The van der Waals surface area contributed by atoms with Crippen molar-refractivity contribution < 1.29 is 13.9 Å². The molecule has 0 atom stereocenters. The lowest BCUT2D eigenvalue weighted by Crippen LogP contribution is -2.32. The Bertz CT molecular complexity index is 896. The number of carbonyl (C=O) groups excluding carboxylic acids is 1. The molecule has 1 N–H and O–H groups in total. The highest BCUT2D eigenvalue weighted by molar-refractivity contribution is 6.02. The Hall–Kier alpha value is -2.23. The fourth-order valence-electron chi connectivity index (χ4n) is 4.87. The molecule has 1 aliphatic heterocycles. The Morgan fingerprint density at radius 1 is 1.15 bits per heavy atom.